The maximum absolute atomic E-state index is 6.21. The molecular formula is C16H23BrN4. The summed E-state index contributed by atoms with van der Waals surface area (Å²) in [6, 6.07) is 6.14. The van der Waals surface area contributed by atoms with E-state index >= 15 is 0 Å². The average Bonchev–Trinajstić information content (AvgIpc) is 2.44. The highest BCUT2D eigenvalue weighted by Crippen LogP contribution is 2.33. The van der Waals surface area contributed by atoms with E-state index in [1.807, 2.05) is 12.1 Å². The third-order valence-corrected chi connectivity index (χ3v) is 4.05. The van der Waals surface area contributed by atoms with Crippen LogP contribution in [-0.2, 0) is 0 Å². The second-order valence-electron chi connectivity index (χ2n) is 5.46. The van der Waals surface area contributed by atoms with Gasteiger partial charge in [-0.3, -0.25) is 4.98 Å². The van der Waals surface area contributed by atoms with E-state index in [0.717, 1.165) is 52.8 Å². The van der Waals surface area contributed by atoms with Crippen molar-refractivity contribution < 1.29 is 0 Å². The highest BCUT2D eigenvalue weighted by molar-refractivity contribution is 9.10. The third kappa shape index (κ3) is 3.86. The first-order valence-electron chi connectivity index (χ1n) is 7.26. The number of nitrogen functional groups attached to an aromatic ring is 1. The zero-order valence-electron chi connectivity index (χ0n) is 12.9. The number of nitrogens with zero attached hydrogens (tertiary/aromatic N) is 3. The van der Waals surface area contributed by atoms with Gasteiger partial charge in [-0.05, 0) is 52.2 Å². The van der Waals surface area contributed by atoms with Crippen LogP contribution in [0.2, 0.25) is 0 Å². The summed E-state index contributed by atoms with van der Waals surface area (Å²) < 4.78 is 1.05. The van der Waals surface area contributed by atoms with E-state index in [-0.39, 0.29) is 0 Å². The highest BCUT2D eigenvalue weighted by Gasteiger charge is 2.13. The van der Waals surface area contributed by atoms with Crippen LogP contribution in [0.3, 0.4) is 0 Å². The Kier molecular flexibility index (Phi) is 5.42. The first-order valence-corrected chi connectivity index (χ1v) is 8.05. The molecule has 0 fully saturated rings. The van der Waals surface area contributed by atoms with Crippen LogP contribution in [0.1, 0.15) is 13.3 Å². The Balaban J connectivity index is 2.37. The summed E-state index contributed by atoms with van der Waals surface area (Å²) in [6.07, 6.45) is 2.87. The van der Waals surface area contributed by atoms with Gasteiger partial charge in [-0.2, -0.15) is 0 Å². The van der Waals surface area contributed by atoms with Crippen LogP contribution in [0.4, 0.5) is 11.4 Å². The lowest BCUT2D eigenvalue weighted by molar-refractivity contribution is 0.401. The quantitative estimate of drug-likeness (QED) is 0.867. The SMILES string of the molecule is CCN(CCCN(C)C)c1c(N)cnc2ccc(Br)cc12. The maximum atomic E-state index is 6.21. The lowest BCUT2D eigenvalue weighted by Crippen LogP contribution is -2.28. The Morgan fingerprint density at radius 3 is 2.67 bits per heavy atom. The molecule has 0 saturated carbocycles. The molecular weight excluding hydrogens is 328 g/mol. The number of halogens is 1. The molecule has 1 aromatic carbocycles. The number of nitrogens with two attached hydrogens (primary N) is 1. The first-order chi connectivity index (χ1) is 10.0. The van der Waals surface area contributed by atoms with Crippen molar-refractivity contribution in [1.82, 2.24) is 9.88 Å². The Hall–Kier alpha value is -1.33. The molecule has 0 amide bonds. The number of pyridine rings is 1. The molecule has 0 radical (unpaired) electrons. The monoisotopic (exact) mass is 350 g/mol. The van der Waals surface area contributed by atoms with Crippen molar-refractivity contribution in [1.29, 1.82) is 0 Å². The number of hydrogen-bond donors (Lipinski definition) is 1. The Labute approximate surface area is 135 Å². The predicted octanol–water partition coefficient (Wildman–Crippen LogP) is 3.36. The van der Waals surface area contributed by atoms with Crippen LogP contribution in [-0.4, -0.2) is 43.6 Å². The Bertz CT molecular complexity index is 607. The van der Waals surface area contributed by atoms with Gasteiger partial charge in [0.1, 0.15) is 0 Å². The van der Waals surface area contributed by atoms with Gasteiger partial charge >= 0.3 is 0 Å². The highest BCUT2D eigenvalue weighted by atomic mass is 79.9. The summed E-state index contributed by atoms with van der Waals surface area (Å²) in [5.41, 5.74) is 9.04. The van der Waals surface area contributed by atoms with Crippen molar-refractivity contribution in [2.75, 3.05) is 44.4 Å². The van der Waals surface area contributed by atoms with Gasteiger partial charge in [-0.1, -0.05) is 15.9 Å². The van der Waals surface area contributed by atoms with Crippen LogP contribution in [0.15, 0.2) is 28.9 Å². The van der Waals surface area contributed by atoms with Crippen molar-refractivity contribution in [2.24, 2.45) is 0 Å². The molecule has 0 saturated heterocycles. The zero-order chi connectivity index (χ0) is 15.4. The molecule has 21 heavy (non-hydrogen) atoms. The number of anilines is 2. The summed E-state index contributed by atoms with van der Waals surface area (Å²) in [7, 11) is 4.20. The molecule has 0 unspecified atom stereocenters. The topological polar surface area (TPSA) is 45.4 Å². The van der Waals surface area contributed by atoms with Gasteiger partial charge in [0.25, 0.3) is 0 Å². The molecule has 114 valence electrons. The number of aromatic nitrogens is 1. The number of fused-ring (bicyclic) bond motifs is 1. The molecule has 0 bridgehead atoms. The van der Waals surface area contributed by atoms with Gasteiger partial charge in [0, 0.05) is 22.9 Å². The van der Waals surface area contributed by atoms with Crippen molar-refractivity contribution in [2.45, 2.75) is 13.3 Å². The number of hydrogen-bond acceptors (Lipinski definition) is 4. The normalized spacial score (nSPS) is 11.3. The van der Waals surface area contributed by atoms with E-state index in [4.69, 9.17) is 5.73 Å². The van der Waals surface area contributed by atoms with E-state index in [1.165, 1.54) is 0 Å². The third-order valence-electron chi connectivity index (χ3n) is 3.56. The van der Waals surface area contributed by atoms with Crippen molar-refractivity contribution in [3.05, 3.63) is 28.9 Å². The standard InChI is InChI=1S/C16H23BrN4/c1-4-21(9-5-8-20(2)3)16-13-10-12(17)6-7-15(13)19-11-14(16)18/h6-7,10-11H,4-5,8-9,18H2,1-3H3. The molecule has 0 aliphatic heterocycles. The van der Waals surface area contributed by atoms with Crippen molar-refractivity contribution in [3.63, 3.8) is 0 Å². The molecule has 0 aliphatic carbocycles. The lowest BCUT2D eigenvalue weighted by Gasteiger charge is -2.26. The fraction of sp³-hybridized carbons (Fsp3) is 0.438. The van der Waals surface area contributed by atoms with Crippen LogP contribution >= 0.6 is 15.9 Å². The van der Waals surface area contributed by atoms with Crippen LogP contribution in [0.25, 0.3) is 10.9 Å². The summed E-state index contributed by atoms with van der Waals surface area (Å²) in [6.45, 7) is 5.16. The molecule has 0 atom stereocenters. The van der Waals surface area contributed by atoms with E-state index in [9.17, 15) is 0 Å². The van der Waals surface area contributed by atoms with Gasteiger partial charge in [-0.25, -0.2) is 0 Å². The van der Waals surface area contributed by atoms with Crippen molar-refractivity contribution >= 4 is 38.2 Å². The van der Waals surface area contributed by atoms with E-state index in [1.54, 1.807) is 6.20 Å². The van der Waals surface area contributed by atoms with Gasteiger partial charge in [0.2, 0.25) is 0 Å². The second-order valence-corrected chi connectivity index (χ2v) is 6.38. The fourth-order valence-corrected chi connectivity index (χ4v) is 2.89. The minimum atomic E-state index is 0.743. The average molecular weight is 351 g/mol. The van der Waals surface area contributed by atoms with E-state index in [2.05, 4.69) is 57.8 Å². The largest absolute Gasteiger partial charge is 0.396 e. The Morgan fingerprint density at radius 1 is 1.24 bits per heavy atom. The molecule has 5 heteroatoms. The summed E-state index contributed by atoms with van der Waals surface area (Å²) in [5, 5.41) is 1.11. The van der Waals surface area contributed by atoms with Gasteiger partial charge in [-0.15, -0.1) is 0 Å². The number of rotatable bonds is 6. The zero-order valence-corrected chi connectivity index (χ0v) is 14.5. The number of benzene rings is 1. The van der Waals surface area contributed by atoms with Gasteiger partial charge in [0.15, 0.2) is 0 Å². The van der Waals surface area contributed by atoms with E-state index < -0.39 is 0 Å². The van der Waals surface area contributed by atoms with Gasteiger partial charge in [0.05, 0.1) is 23.1 Å². The first kappa shape index (κ1) is 16.0. The summed E-state index contributed by atoms with van der Waals surface area (Å²) in [5.74, 6) is 0. The molecule has 2 rings (SSSR count). The molecule has 1 heterocycles. The minimum Gasteiger partial charge on any atom is -0.396 e. The van der Waals surface area contributed by atoms with Crippen LogP contribution in [0, 0.1) is 0 Å². The molecule has 0 aliphatic rings. The summed E-state index contributed by atoms with van der Waals surface area (Å²) in [4.78, 5) is 8.98. The minimum absolute atomic E-state index is 0.743. The molecule has 2 N–H and O–H groups in total. The molecule has 0 spiro atoms. The summed E-state index contributed by atoms with van der Waals surface area (Å²) >= 11 is 3.54. The predicted molar refractivity (Wildman–Crippen MR) is 94.9 cm³/mol. The second kappa shape index (κ2) is 7.09. The molecule has 4 nitrogen and oxygen atoms in total. The van der Waals surface area contributed by atoms with Gasteiger partial charge < -0.3 is 15.5 Å². The lowest BCUT2D eigenvalue weighted by atomic mass is 10.1. The maximum Gasteiger partial charge on any atom is 0.0745 e. The van der Waals surface area contributed by atoms with Crippen LogP contribution < -0.4 is 10.6 Å². The smallest absolute Gasteiger partial charge is 0.0745 e. The fourth-order valence-electron chi connectivity index (χ4n) is 2.52. The Morgan fingerprint density at radius 2 is 2.00 bits per heavy atom. The van der Waals surface area contributed by atoms with Crippen molar-refractivity contribution in [3.8, 4) is 0 Å². The molecule has 1 aromatic heterocycles. The van der Waals surface area contributed by atoms with E-state index in [0.29, 0.717) is 0 Å². The van der Waals surface area contributed by atoms with Crippen LogP contribution in [0.5, 0.6) is 0 Å². The molecule has 2 aromatic rings.